The van der Waals surface area contributed by atoms with E-state index >= 15 is 0 Å². The molecule has 0 saturated carbocycles. The van der Waals surface area contributed by atoms with Gasteiger partial charge in [0.2, 0.25) is 17.5 Å². The lowest BCUT2D eigenvalue weighted by atomic mass is 10.4. The van der Waals surface area contributed by atoms with Crippen molar-refractivity contribution in [3.8, 4) is 0 Å². The van der Waals surface area contributed by atoms with E-state index < -0.39 is 0 Å². The zero-order valence-corrected chi connectivity index (χ0v) is 9.58. The molecule has 0 spiro atoms. The van der Waals surface area contributed by atoms with Gasteiger partial charge in [-0.05, 0) is 21.8 Å². The van der Waals surface area contributed by atoms with E-state index in [0.29, 0.717) is 4.88 Å². The van der Waals surface area contributed by atoms with Gasteiger partial charge in [0.25, 0.3) is 5.91 Å². The normalized spacial score (nSPS) is 9.94. The third-order valence-electron chi connectivity index (χ3n) is 1.76. The molecule has 2 aromatic heterocycles. The van der Waals surface area contributed by atoms with Crippen LogP contribution in [-0.2, 0) is 4.79 Å². The van der Waals surface area contributed by atoms with E-state index in [1.54, 1.807) is 17.5 Å². The molecule has 0 unspecified atom stereocenters. The summed E-state index contributed by atoms with van der Waals surface area (Å²) in [5.74, 6) is -0.490. The zero-order chi connectivity index (χ0) is 12.3. The smallest absolute Gasteiger partial charge is 0.267 e. The molecule has 2 rings (SSSR count). The molecule has 0 aliphatic heterocycles. The Morgan fingerprint density at radius 2 is 2.00 bits per heavy atom. The van der Waals surface area contributed by atoms with Crippen molar-refractivity contribution in [3.05, 3.63) is 22.4 Å². The monoisotopic (exact) mass is 252 g/mol. The number of aromatic nitrogens is 2. The Morgan fingerprint density at radius 1 is 1.29 bits per heavy atom. The minimum Gasteiger partial charge on any atom is -0.305 e. The number of hydrogen-bond donors (Lipinski definition) is 2. The zero-order valence-electron chi connectivity index (χ0n) is 8.76. The molecule has 2 N–H and O–H groups in total. The molecule has 0 fully saturated rings. The highest BCUT2D eigenvalue weighted by atomic mass is 32.1. The average Bonchev–Trinajstić information content (AvgIpc) is 2.89. The Labute approximate surface area is 99.8 Å². The van der Waals surface area contributed by atoms with E-state index in [9.17, 15) is 9.59 Å². The fourth-order valence-corrected chi connectivity index (χ4v) is 1.72. The van der Waals surface area contributed by atoms with Gasteiger partial charge >= 0.3 is 0 Å². The van der Waals surface area contributed by atoms with Crippen LogP contribution in [0.1, 0.15) is 16.6 Å². The maximum Gasteiger partial charge on any atom is 0.267 e. The fourth-order valence-electron chi connectivity index (χ4n) is 1.10. The highest BCUT2D eigenvalue weighted by molar-refractivity contribution is 7.12. The summed E-state index contributed by atoms with van der Waals surface area (Å²) in [5.41, 5.74) is 0. The van der Waals surface area contributed by atoms with Gasteiger partial charge < -0.3 is 5.32 Å². The van der Waals surface area contributed by atoms with Crippen LogP contribution in [0.2, 0.25) is 0 Å². The number of carbonyl (C=O) groups excluding carboxylic acids is 2. The standard InChI is InChI=1S/C9H8N4O3S/c1-5(14)10-7-8(13-16-12-7)11-9(15)6-3-2-4-17-6/h2-4H,1H3,(H,10,12,14)(H,11,13,15). The second-order valence-electron chi connectivity index (χ2n) is 3.07. The van der Waals surface area contributed by atoms with Crippen molar-refractivity contribution >= 4 is 34.8 Å². The van der Waals surface area contributed by atoms with Crippen LogP contribution in [0.25, 0.3) is 0 Å². The molecule has 2 heterocycles. The molecule has 88 valence electrons. The number of thiophene rings is 1. The summed E-state index contributed by atoms with van der Waals surface area (Å²) in [5, 5.41) is 13.6. The van der Waals surface area contributed by atoms with E-state index in [0.717, 1.165) is 0 Å². The SMILES string of the molecule is CC(=O)Nc1nonc1NC(=O)c1cccs1. The molecule has 2 amide bonds. The number of amides is 2. The summed E-state index contributed by atoms with van der Waals surface area (Å²) in [6.45, 7) is 1.32. The quantitative estimate of drug-likeness (QED) is 0.859. The first-order valence-electron chi connectivity index (χ1n) is 4.62. The van der Waals surface area contributed by atoms with Crippen LogP contribution in [0, 0.1) is 0 Å². The molecule has 0 bridgehead atoms. The lowest BCUT2D eigenvalue weighted by Crippen LogP contribution is -2.14. The predicted octanol–water partition coefficient (Wildman–Crippen LogP) is 1.34. The van der Waals surface area contributed by atoms with Gasteiger partial charge in [-0.2, -0.15) is 0 Å². The molecule has 17 heavy (non-hydrogen) atoms. The molecule has 8 heteroatoms. The Hall–Kier alpha value is -2.22. The van der Waals surface area contributed by atoms with Gasteiger partial charge in [-0.3, -0.25) is 14.9 Å². The van der Waals surface area contributed by atoms with Crippen LogP contribution < -0.4 is 10.6 Å². The van der Waals surface area contributed by atoms with E-state index in [2.05, 4.69) is 25.6 Å². The van der Waals surface area contributed by atoms with Gasteiger partial charge in [-0.25, -0.2) is 4.63 Å². The van der Waals surface area contributed by atoms with E-state index in [4.69, 9.17) is 0 Å². The molecule has 0 saturated heterocycles. The summed E-state index contributed by atoms with van der Waals surface area (Å²) < 4.78 is 4.44. The number of carbonyl (C=O) groups is 2. The Kier molecular flexibility index (Phi) is 3.15. The first-order chi connectivity index (χ1) is 8.16. The third kappa shape index (κ3) is 2.67. The summed E-state index contributed by atoms with van der Waals surface area (Å²) in [6, 6.07) is 3.43. The number of hydrogen-bond acceptors (Lipinski definition) is 6. The highest BCUT2D eigenvalue weighted by Gasteiger charge is 2.15. The van der Waals surface area contributed by atoms with Crippen molar-refractivity contribution in [1.29, 1.82) is 0 Å². The van der Waals surface area contributed by atoms with Crippen molar-refractivity contribution in [2.75, 3.05) is 10.6 Å². The van der Waals surface area contributed by atoms with Crippen molar-refractivity contribution < 1.29 is 14.2 Å². The summed E-state index contributed by atoms with van der Waals surface area (Å²) in [6.07, 6.45) is 0. The van der Waals surface area contributed by atoms with E-state index in [-0.39, 0.29) is 23.5 Å². The molecule has 0 radical (unpaired) electrons. The second kappa shape index (κ2) is 4.74. The summed E-state index contributed by atoms with van der Waals surface area (Å²) >= 11 is 1.29. The molecule has 0 aliphatic rings. The van der Waals surface area contributed by atoms with Gasteiger partial charge in [-0.1, -0.05) is 6.07 Å². The van der Waals surface area contributed by atoms with E-state index in [1.807, 2.05) is 0 Å². The number of rotatable bonds is 3. The lowest BCUT2D eigenvalue weighted by molar-refractivity contribution is -0.114. The fraction of sp³-hybridized carbons (Fsp3) is 0.111. The molecule has 7 nitrogen and oxygen atoms in total. The minimum atomic E-state index is -0.331. The van der Waals surface area contributed by atoms with Gasteiger partial charge in [-0.15, -0.1) is 11.3 Å². The van der Waals surface area contributed by atoms with E-state index in [1.165, 1.54) is 18.3 Å². The van der Waals surface area contributed by atoms with Gasteiger partial charge in [0.15, 0.2) is 0 Å². The predicted molar refractivity (Wildman–Crippen MR) is 60.9 cm³/mol. The van der Waals surface area contributed by atoms with Crippen LogP contribution in [0.15, 0.2) is 22.1 Å². The molecule has 0 aromatic carbocycles. The summed E-state index contributed by atoms with van der Waals surface area (Å²) in [4.78, 5) is 23.1. The molecular weight excluding hydrogens is 244 g/mol. The molecule has 0 aliphatic carbocycles. The van der Waals surface area contributed by atoms with Gasteiger partial charge in [0, 0.05) is 6.92 Å². The van der Waals surface area contributed by atoms with Crippen molar-refractivity contribution in [3.63, 3.8) is 0 Å². The first-order valence-corrected chi connectivity index (χ1v) is 5.50. The number of anilines is 2. The van der Waals surface area contributed by atoms with Gasteiger partial charge in [0.1, 0.15) is 0 Å². The summed E-state index contributed by atoms with van der Waals surface area (Å²) in [7, 11) is 0. The van der Waals surface area contributed by atoms with Crippen LogP contribution >= 0.6 is 11.3 Å². The maximum absolute atomic E-state index is 11.7. The van der Waals surface area contributed by atoms with Crippen molar-refractivity contribution in [1.82, 2.24) is 10.3 Å². The van der Waals surface area contributed by atoms with Gasteiger partial charge in [0.05, 0.1) is 4.88 Å². The van der Waals surface area contributed by atoms with Crippen LogP contribution in [0.3, 0.4) is 0 Å². The Morgan fingerprint density at radius 3 is 2.59 bits per heavy atom. The van der Waals surface area contributed by atoms with Crippen LogP contribution in [0.4, 0.5) is 11.6 Å². The largest absolute Gasteiger partial charge is 0.305 e. The Bertz CT molecular complexity index is 534. The Balaban J connectivity index is 2.11. The number of nitrogens with one attached hydrogen (secondary N) is 2. The van der Waals surface area contributed by atoms with Crippen molar-refractivity contribution in [2.45, 2.75) is 6.92 Å². The first kappa shape index (κ1) is 11.3. The minimum absolute atomic E-state index is 0.0820. The molecular formula is C9H8N4O3S. The number of nitrogens with zero attached hydrogens (tertiary/aromatic N) is 2. The molecule has 0 atom stereocenters. The van der Waals surface area contributed by atoms with Crippen LogP contribution in [0.5, 0.6) is 0 Å². The van der Waals surface area contributed by atoms with Crippen LogP contribution in [-0.4, -0.2) is 22.1 Å². The highest BCUT2D eigenvalue weighted by Crippen LogP contribution is 2.17. The van der Waals surface area contributed by atoms with Crippen molar-refractivity contribution in [2.24, 2.45) is 0 Å². The molecule has 2 aromatic rings. The average molecular weight is 252 g/mol. The third-order valence-corrected chi connectivity index (χ3v) is 2.63. The lowest BCUT2D eigenvalue weighted by Gasteiger charge is -2.00. The topological polar surface area (TPSA) is 97.1 Å². The second-order valence-corrected chi connectivity index (χ2v) is 4.02. The maximum atomic E-state index is 11.7.